The predicted molar refractivity (Wildman–Crippen MR) is 67.3 cm³/mol. The van der Waals surface area contributed by atoms with Crippen LogP contribution in [-0.2, 0) is 13.1 Å². The zero-order chi connectivity index (χ0) is 12.4. The Bertz CT molecular complexity index is 485. The highest BCUT2D eigenvalue weighted by Gasteiger charge is 2.20. The molecule has 1 N–H and O–H groups in total. The number of hydrogen-bond donors (Lipinski definition) is 1. The van der Waals surface area contributed by atoms with Crippen LogP contribution >= 0.6 is 23.2 Å². The number of carboxylic acid groups (broad SMARTS) is 1. The molecule has 0 saturated heterocycles. The Kier molecular flexibility index (Phi) is 3.72. The third kappa shape index (κ3) is 2.80. The van der Waals surface area contributed by atoms with Crippen LogP contribution in [0.2, 0.25) is 0 Å². The monoisotopic (exact) mass is 271 g/mol. The van der Waals surface area contributed by atoms with E-state index in [1.165, 1.54) is 5.54 Å². The minimum absolute atomic E-state index is 0.324. The summed E-state index contributed by atoms with van der Waals surface area (Å²) < 4.78 is 0. The van der Waals surface area contributed by atoms with Crippen LogP contribution in [0.3, 0.4) is 0 Å². The van der Waals surface area contributed by atoms with Gasteiger partial charge in [-0.05, 0) is 23.3 Å². The Labute approximate surface area is 109 Å². The number of fused-ring (bicyclic) bond motifs is 1. The fraction of sp³-hybridized carbons (Fsp3) is 0.250. The van der Waals surface area contributed by atoms with Gasteiger partial charge in [-0.2, -0.15) is 0 Å². The molecule has 0 saturated carbocycles. The molecule has 1 aliphatic rings. The number of nitrogens with zero attached hydrogens (tertiary/aromatic N) is 1. The number of halogens is 2. The SMILES string of the molecule is O=C(O)c1ccc2c(c1)CN(C/C(Cl)=C/Cl)C2. The van der Waals surface area contributed by atoms with Gasteiger partial charge in [-0.3, -0.25) is 4.90 Å². The van der Waals surface area contributed by atoms with Crippen molar-refractivity contribution < 1.29 is 9.90 Å². The van der Waals surface area contributed by atoms with Crippen LogP contribution in [-0.4, -0.2) is 22.5 Å². The van der Waals surface area contributed by atoms with Gasteiger partial charge in [0.15, 0.2) is 0 Å². The second-order valence-corrected chi connectivity index (χ2v) is 4.69. The Morgan fingerprint density at radius 3 is 2.76 bits per heavy atom. The highest BCUT2D eigenvalue weighted by atomic mass is 35.5. The average molecular weight is 272 g/mol. The van der Waals surface area contributed by atoms with E-state index in [1.807, 2.05) is 6.07 Å². The number of rotatable bonds is 3. The highest BCUT2D eigenvalue weighted by molar-refractivity contribution is 6.36. The van der Waals surface area contributed by atoms with Crippen LogP contribution in [0.15, 0.2) is 28.8 Å². The Morgan fingerprint density at radius 1 is 1.41 bits per heavy atom. The molecule has 0 radical (unpaired) electrons. The Morgan fingerprint density at radius 2 is 2.12 bits per heavy atom. The molecule has 0 fully saturated rings. The Hall–Kier alpha value is -1.03. The van der Waals surface area contributed by atoms with E-state index in [2.05, 4.69) is 4.90 Å². The molecule has 0 bridgehead atoms. The minimum Gasteiger partial charge on any atom is -0.478 e. The van der Waals surface area contributed by atoms with Gasteiger partial charge in [0.2, 0.25) is 0 Å². The van der Waals surface area contributed by atoms with E-state index in [4.69, 9.17) is 28.3 Å². The molecule has 1 aromatic rings. The molecular weight excluding hydrogens is 261 g/mol. The summed E-state index contributed by atoms with van der Waals surface area (Å²) in [5.41, 5.74) is 3.87. The number of hydrogen-bond acceptors (Lipinski definition) is 2. The molecule has 90 valence electrons. The second-order valence-electron chi connectivity index (χ2n) is 3.99. The lowest BCUT2D eigenvalue weighted by atomic mass is 10.1. The first-order chi connectivity index (χ1) is 8.10. The van der Waals surface area contributed by atoms with Gasteiger partial charge < -0.3 is 5.11 Å². The minimum atomic E-state index is -0.898. The molecule has 0 amide bonds. The van der Waals surface area contributed by atoms with Crippen molar-refractivity contribution in [3.05, 3.63) is 45.5 Å². The van der Waals surface area contributed by atoms with E-state index in [-0.39, 0.29) is 0 Å². The van der Waals surface area contributed by atoms with Crippen LogP contribution in [0.5, 0.6) is 0 Å². The van der Waals surface area contributed by atoms with E-state index in [1.54, 1.807) is 12.1 Å². The lowest BCUT2D eigenvalue weighted by Gasteiger charge is -2.12. The van der Waals surface area contributed by atoms with Gasteiger partial charge in [0.05, 0.1) is 5.56 Å². The lowest BCUT2D eigenvalue weighted by molar-refractivity contribution is 0.0697. The third-order valence-corrected chi connectivity index (χ3v) is 3.34. The fourth-order valence-electron chi connectivity index (χ4n) is 1.96. The second kappa shape index (κ2) is 5.08. The molecule has 1 heterocycles. The van der Waals surface area contributed by atoms with Crippen LogP contribution in [0, 0.1) is 0 Å². The van der Waals surface area contributed by atoms with Crippen molar-refractivity contribution >= 4 is 29.2 Å². The summed E-state index contributed by atoms with van der Waals surface area (Å²) in [4.78, 5) is 13.0. The first kappa shape index (κ1) is 12.4. The van der Waals surface area contributed by atoms with Gasteiger partial charge in [0.1, 0.15) is 0 Å². The van der Waals surface area contributed by atoms with Gasteiger partial charge in [-0.25, -0.2) is 4.79 Å². The summed E-state index contributed by atoms with van der Waals surface area (Å²) in [5, 5.41) is 9.49. The van der Waals surface area contributed by atoms with Crippen molar-refractivity contribution in [1.29, 1.82) is 0 Å². The maximum atomic E-state index is 10.8. The molecule has 5 heteroatoms. The molecular formula is C12H11Cl2NO2. The summed E-state index contributed by atoms with van der Waals surface area (Å²) >= 11 is 11.4. The highest BCUT2D eigenvalue weighted by Crippen LogP contribution is 2.25. The van der Waals surface area contributed by atoms with E-state index in [0.29, 0.717) is 23.7 Å². The third-order valence-electron chi connectivity index (χ3n) is 2.73. The summed E-state index contributed by atoms with van der Waals surface area (Å²) in [5.74, 6) is -0.898. The normalized spacial score (nSPS) is 16.0. The van der Waals surface area contributed by atoms with E-state index >= 15 is 0 Å². The van der Waals surface area contributed by atoms with Gasteiger partial charge in [-0.1, -0.05) is 29.3 Å². The first-order valence-electron chi connectivity index (χ1n) is 5.12. The zero-order valence-electron chi connectivity index (χ0n) is 8.99. The van der Waals surface area contributed by atoms with E-state index in [9.17, 15) is 4.79 Å². The van der Waals surface area contributed by atoms with Crippen molar-refractivity contribution in [3.63, 3.8) is 0 Å². The van der Waals surface area contributed by atoms with E-state index < -0.39 is 5.97 Å². The van der Waals surface area contributed by atoms with Gasteiger partial charge in [0, 0.05) is 30.2 Å². The van der Waals surface area contributed by atoms with E-state index in [0.717, 1.165) is 17.7 Å². The molecule has 0 spiro atoms. The maximum Gasteiger partial charge on any atom is 0.335 e. The predicted octanol–water partition coefficient (Wildman–Crippen LogP) is 3.02. The summed E-state index contributed by atoms with van der Waals surface area (Å²) in [6.45, 7) is 2.07. The van der Waals surface area contributed by atoms with Crippen molar-refractivity contribution in [2.45, 2.75) is 13.1 Å². The lowest BCUT2D eigenvalue weighted by Crippen LogP contribution is -2.17. The molecule has 17 heavy (non-hydrogen) atoms. The molecule has 1 aromatic carbocycles. The van der Waals surface area contributed by atoms with Gasteiger partial charge in [0.25, 0.3) is 0 Å². The van der Waals surface area contributed by atoms with Crippen molar-refractivity contribution in [3.8, 4) is 0 Å². The Balaban J connectivity index is 2.14. The molecule has 0 aliphatic carbocycles. The van der Waals surface area contributed by atoms with Crippen molar-refractivity contribution in [2.75, 3.05) is 6.54 Å². The largest absolute Gasteiger partial charge is 0.478 e. The molecule has 0 unspecified atom stereocenters. The summed E-state index contributed by atoms with van der Waals surface area (Å²) in [7, 11) is 0. The van der Waals surface area contributed by atoms with Crippen LogP contribution in [0.1, 0.15) is 21.5 Å². The zero-order valence-corrected chi connectivity index (χ0v) is 10.5. The van der Waals surface area contributed by atoms with Gasteiger partial charge >= 0.3 is 5.97 Å². The quantitative estimate of drug-likeness (QED) is 0.919. The number of benzene rings is 1. The molecule has 3 nitrogen and oxygen atoms in total. The fourth-order valence-corrected chi connectivity index (χ4v) is 2.20. The van der Waals surface area contributed by atoms with Crippen LogP contribution in [0.25, 0.3) is 0 Å². The van der Waals surface area contributed by atoms with Crippen LogP contribution in [0.4, 0.5) is 0 Å². The molecule has 0 atom stereocenters. The number of aromatic carboxylic acids is 1. The molecule has 2 rings (SSSR count). The van der Waals surface area contributed by atoms with Crippen LogP contribution < -0.4 is 0 Å². The number of carboxylic acids is 1. The summed E-state index contributed by atoms with van der Waals surface area (Å²) in [6.07, 6.45) is 0. The van der Waals surface area contributed by atoms with Crippen molar-refractivity contribution in [2.24, 2.45) is 0 Å². The smallest absolute Gasteiger partial charge is 0.335 e. The first-order valence-corrected chi connectivity index (χ1v) is 5.94. The van der Waals surface area contributed by atoms with Gasteiger partial charge in [-0.15, -0.1) is 0 Å². The molecule has 1 aliphatic heterocycles. The van der Waals surface area contributed by atoms with Crippen molar-refractivity contribution in [1.82, 2.24) is 4.90 Å². The topological polar surface area (TPSA) is 40.5 Å². The maximum absolute atomic E-state index is 10.8. The molecule has 0 aromatic heterocycles. The standard InChI is InChI=1S/C12H11Cl2NO2/c13-4-11(14)7-15-5-9-2-1-8(12(16)17)3-10(9)6-15/h1-4H,5-7H2,(H,16,17)/b11-4-. The average Bonchev–Trinajstić information content (AvgIpc) is 2.69. The number of carbonyl (C=O) groups is 1. The summed E-state index contributed by atoms with van der Waals surface area (Å²) in [6, 6.07) is 5.21.